The number of carbonyl (C=O) groups excluding carboxylic acids is 10. The van der Waals surface area contributed by atoms with E-state index in [2.05, 4.69) is 21.3 Å². The second kappa shape index (κ2) is 29.4. The smallest absolute Gasteiger partial charge is 0.342 e. The third-order valence-corrected chi connectivity index (χ3v) is 14.0. The summed E-state index contributed by atoms with van der Waals surface area (Å²) in [6.45, 7) is -1.11. The molecule has 4 heterocycles. The Morgan fingerprint density at radius 3 is 1.45 bits per heavy atom. The van der Waals surface area contributed by atoms with E-state index in [0.29, 0.717) is 30.1 Å². The zero-order valence-corrected chi connectivity index (χ0v) is 46.0. The number of likely N-dealkylation sites (N-methyl/N-ethyl adjacent to an activating group) is 2. The Balaban J connectivity index is 0.000000241. The van der Waals surface area contributed by atoms with Crippen molar-refractivity contribution in [2.45, 2.75) is 100 Å². The molecular weight excluding hydrogens is 1100 g/mol. The van der Waals surface area contributed by atoms with Gasteiger partial charge in [0.15, 0.2) is 24.8 Å². The number of para-hydroxylation sites is 3. The quantitative estimate of drug-likeness (QED) is 0.0616. The summed E-state index contributed by atoms with van der Waals surface area (Å²) in [5.41, 5.74) is 0.138. The van der Waals surface area contributed by atoms with Crippen molar-refractivity contribution in [3.8, 4) is 23.0 Å². The highest BCUT2D eigenvalue weighted by molar-refractivity contribution is 6.00. The molecule has 0 saturated carbocycles. The molecule has 6 atom stereocenters. The number of aliphatic carboxylic acids is 2. The van der Waals surface area contributed by atoms with Gasteiger partial charge in [0, 0.05) is 25.9 Å². The predicted molar refractivity (Wildman–Crippen MR) is 292 cm³/mol. The number of fused-ring (bicyclic) bond motifs is 2. The zero-order chi connectivity index (χ0) is 60.5. The number of ketones is 2. The lowest BCUT2D eigenvalue weighted by molar-refractivity contribution is -0.176. The van der Waals surface area contributed by atoms with Crippen LogP contribution >= 0.6 is 0 Å². The Morgan fingerprint density at radius 2 is 0.976 bits per heavy atom. The summed E-state index contributed by atoms with van der Waals surface area (Å²) < 4.78 is 21.8. The molecule has 4 fully saturated rings. The van der Waals surface area contributed by atoms with E-state index < -0.39 is 121 Å². The monoisotopic (exact) mass is 1160 g/mol. The standard InChI is InChI=1S/2C29H32N4O9/c1-30-21-12-13-25(35)32-14-6-11-23(33(32)28(21)39)27(38)31-22(16-26(36)37)24(34)17-41-29(40)18-7-5-10-20(15-18)42-19-8-3-2-4-9-19;1-30-20-13-14-25(35)32-15-7-11-22(33(32)28(20)39)27(38)31-21(16-26(36)37)23(34)17-41-29(40)19-10-5-6-12-24(19)42-18-8-3-2-4-9-18/h2-5,7-10,15,21-23,30H,6,11-14,16-17H2,1H3,(H,31,38)(H,36,37);2-6,8-10,12,20-22,30H,7,11,13-17H2,1H3,(H,31,38)(H,36,37)/t21-,22-,23-;20-,21-,22-/m00/s1. The van der Waals surface area contributed by atoms with Crippen LogP contribution in [0.4, 0.5) is 0 Å². The van der Waals surface area contributed by atoms with Crippen LogP contribution in [0.2, 0.25) is 0 Å². The Kier molecular flexibility index (Phi) is 21.7. The van der Waals surface area contributed by atoms with Gasteiger partial charge in [0.2, 0.25) is 23.6 Å². The highest BCUT2D eigenvalue weighted by Crippen LogP contribution is 2.29. The number of hydrogen-bond acceptors (Lipinski definition) is 18. The fourth-order valence-electron chi connectivity index (χ4n) is 9.74. The molecule has 84 heavy (non-hydrogen) atoms. The maximum absolute atomic E-state index is 13.4. The minimum atomic E-state index is -1.55. The molecule has 26 heteroatoms. The molecule has 0 bridgehead atoms. The molecule has 0 radical (unpaired) electrons. The molecule has 444 valence electrons. The largest absolute Gasteiger partial charge is 0.481 e. The van der Waals surface area contributed by atoms with Gasteiger partial charge in [0.25, 0.3) is 11.8 Å². The molecule has 0 aromatic heterocycles. The van der Waals surface area contributed by atoms with Crippen LogP contribution in [0, 0.1) is 0 Å². The average molecular weight is 1160 g/mol. The number of nitrogens with zero attached hydrogens (tertiary/aromatic N) is 4. The van der Waals surface area contributed by atoms with Crippen molar-refractivity contribution in [1.82, 2.24) is 41.3 Å². The number of Topliss-reactive ketones (excluding diaryl/α,β-unsaturated/α-hetero) is 2. The fraction of sp³-hybridized carbons (Fsp3) is 0.379. The number of rotatable bonds is 22. The first kappa shape index (κ1) is 62.0. The van der Waals surface area contributed by atoms with Crippen molar-refractivity contribution >= 4 is 70.9 Å². The molecular formula is C58H64N8O18. The number of esters is 2. The van der Waals surface area contributed by atoms with Gasteiger partial charge in [0.05, 0.1) is 30.5 Å². The second-order valence-corrected chi connectivity index (χ2v) is 19.7. The van der Waals surface area contributed by atoms with Crippen molar-refractivity contribution < 1.29 is 86.7 Å². The second-order valence-electron chi connectivity index (χ2n) is 19.7. The lowest BCUT2D eigenvalue weighted by atomic mass is 10.0. The summed E-state index contributed by atoms with van der Waals surface area (Å²) in [4.78, 5) is 153. The first-order chi connectivity index (χ1) is 40.4. The first-order valence-electron chi connectivity index (χ1n) is 27.1. The number of hydrazine groups is 2. The minimum Gasteiger partial charge on any atom is -0.481 e. The SMILES string of the molecule is CN[C@H]1CCC(=O)N2CCC[C@@H](C(=O)N[C@@H](CC(=O)O)C(=O)COC(=O)c3cccc(Oc4ccccc4)c3)N2C1=O.CN[C@H]1CCC(=O)N2CCC[C@@H](C(=O)N[C@@H](CC(=O)O)C(=O)COC(=O)c3ccccc3Oc3ccccc3)N2C1=O. The predicted octanol–water partition coefficient (Wildman–Crippen LogP) is 2.56. The van der Waals surface area contributed by atoms with E-state index in [1.807, 2.05) is 6.07 Å². The Bertz CT molecular complexity index is 3110. The number of nitrogens with one attached hydrogen (secondary N) is 4. The summed E-state index contributed by atoms with van der Waals surface area (Å²) in [5, 5.41) is 34.0. The molecule has 4 aromatic rings. The van der Waals surface area contributed by atoms with Gasteiger partial charge in [-0.05, 0) is 107 Å². The molecule has 6 amide bonds. The van der Waals surface area contributed by atoms with E-state index in [1.54, 1.807) is 99.0 Å². The Labute approximate surface area is 481 Å². The molecule has 6 N–H and O–H groups in total. The average Bonchev–Trinajstić information content (AvgIpc) is 2.97. The summed E-state index contributed by atoms with van der Waals surface area (Å²) in [6.07, 6.45) is 0.493. The van der Waals surface area contributed by atoms with Crippen molar-refractivity contribution in [2.24, 2.45) is 0 Å². The molecule has 4 saturated heterocycles. The topological polar surface area (TPSA) is 343 Å². The maximum atomic E-state index is 13.4. The summed E-state index contributed by atoms with van der Waals surface area (Å²) in [5.74, 6) is -7.71. The van der Waals surface area contributed by atoms with Crippen molar-refractivity contribution in [2.75, 3.05) is 40.4 Å². The van der Waals surface area contributed by atoms with Gasteiger partial charge >= 0.3 is 23.9 Å². The Morgan fingerprint density at radius 1 is 0.536 bits per heavy atom. The third-order valence-electron chi connectivity index (χ3n) is 14.0. The van der Waals surface area contributed by atoms with E-state index >= 15 is 0 Å². The van der Waals surface area contributed by atoms with Crippen LogP contribution in [-0.2, 0) is 57.4 Å². The van der Waals surface area contributed by atoms with E-state index in [1.165, 1.54) is 28.2 Å². The number of amides is 6. The summed E-state index contributed by atoms with van der Waals surface area (Å²) >= 11 is 0. The molecule has 26 nitrogen and oxygen atoms in total. The zero-order valence-electron chi connectivity index (χ0n) is 46.0. The van der Waals surface area contributed by atoms with E-state index in [-0.39, 0.29) is 80.3 Å². The van der Waals surface area contributed by atoms with Crippen molar-refractivity contribution in [3.05, 3.63) is 120 Å². The third kappa shape index (κ3) is 16.1. The summed E-state index contributed by atoms with van der Waals surface area (Å²) in [7, 11) is 3.16. The molecule has 4 aromatic carbocycles. The van der Waals surface area contributed by atoms with Gasteiger partial charge in [-0.2, -0.15) is 0 Å². The molecule has 0 aliphatic carbocycles. The van der Waals surface area contributed by atoms with Crippen LogP contribution in [-0.4, -0.2) is 178 Å². The van der Waals surface area contributed by atoms with E-state index in [9.17, 15) is 67.7 Å². The lowest BCUT2D eigenvalue weighted by Gasteiger charge is -2.43. The number of benzene rings is 4. The van der Waals surface area contributed by atoms with Crippen molar-refractivity contribution in [1.29, 1.82) is 0 Å². The number of carbonyl (C=O) groups is 12. The van der Waals surface area contributed by atoms with Crippen LogP contribution in [0.3, 0.4) is 0 Å². The van der Waals surface area contributed by atoms with Crippen LogP contribution in [0.1, 0.15) is 84.9 Å². The fourth-order valence-corrected chi connectivity index (χ4v) is 9.74. The highest BCUT2D eigenvalue weighted by Gasteiger charge is 2.46. The molecule has 8 rings (SSSR count). The van der Waals surface area contributed by atoms with Gasteiger partial charge in [-0.15, -0.1) is 0 Å². The maximum Gasteiger partial charge on any atom is 0.342 e. The number of carboxylic acid groups (broad SMARTS) is 2. The molecule has 0 unspecified atom stereocenters. The van der Waals surface area contributed by atoms with Crippen LogP contribution in [0.15, 0.2) is 109 Å². The molecule has 4 aliphatic heterocycles. The van der Waals surface area contributed by atoms with Crippen LogP contribution < -0.4 is 30.7 Å². The van der Waals surface area contributed by atoms with Gasteiger partial charge in [-0.3, -0.25) is 58.0 Å². The number of ether oxygens (including phenoxy) is 4. The first-order valence-corrected chi connectivity index (χ1v) is 27.1. The molecule has 0 spiro atoms. The number of carboxylic acids is 2. The van der Waals surface area contributed by atoms with Gasteiger partial charge < -0.3 is 50.4 Å². The van der Waals surface area contributed by atoms with Crippen molar-refractivity contribution in [3.63, 3.8) is 0 Å². The summed E-state index contributed by atoms with van der Waals surface area (Å²) in [6, 6.07) is 23.3. The normalized spacial score (nSPS) is 19.3. The minimum absolute atomic E-state index is 0.0405. The Hall–Kier alpha value is -9.56. The van der Waals surface area contributed by atoms with Gasteiger partial charge in [-0.1, -0.05) is 54.6 Å². The van der Waals surface area contributed by atoms with E-state index in [0.717, 1.165) is 10.0 Å². The van der Waals surface area contributed by atoms with E-state index in [4.69, 9.17) is 18.9 Å². The number of hydrogen-bond donors (Lipinski definition) is 6. The highest BCUT2D eigenvalue weighted by atomic mass is 16.5. The molecule has 4 aliphatic rings. The van der Waals surface area contributed by atoms with Gasteiger partial charge in [0.1, 0.15) is 52.7 Å². The van der Waals surface area contributed by atoms with Crippen LogP contribution in [0.25, 0.3) is 0 Å². The van der Waals surface area contributed by atoms with Crippen LogP contribution in [0.5, 0.6) is 23.0 Å². The lowest BCUT2D eigenvalue weighted by Crippen LogP contribution is -2.64. The van der Waals surface area contributed by atoms with Gasteiger partial charge in [-0.25, -0.2) is 19.6 Å².